The van der Waals surface area contributed by atoms with Crippen molar-refractivity contribution in [2.24, 2.45) is 0 Å². The molecule has 3 aromatic heterocycles. The minimum Gasteiger partial charge on any atom is -0.309 e. The second-order valence-electron chi connectivity index (χ2n) is 14.9. The molecule has 0 aliphatic rings. The molecule has 266 valence electrons. The summed E-state index contributed by atoms with van der Waals surface area (Å²) in [7, 11) is 0. The Morgan fingerprint density at radius 2 is 0.684 bits per heavy atom. The van der Waals surface area contributed by atoms with Crippen molar-refractivity contribution in [2.45, 2.75) is 0 Å². The van der Waals surface area contributed by atoms with Crippen LogP contribution in [0, 0.1) is 0 Å². The quantitative estimate of drug-likeness (QED) is 0.168. The summed E-state index contributed by atoms with van der Waals surface area (Å²) in [6.45, 7) is 0. The highest BCUT2D eigenvalue weighted by atomic mass is 15.0. The summed E-state index contributed by atoms with van der Waals surface area (Å²) in [6, 6.07) is 77.4. The average Bonchev–Trinajstić information content (AvgIpc) is 3.93. The molecule has 0 aliphatic heterocycles. The van der Waals surface area contributed by atoms with Gasteiger partial charge in [-0.05, 0) is 60.2 Å². The van der Waals surface area contributed by atoms with E-state index in [1.807, 2.05) is 0 Å². The normalized spacial score (nSPS) is 11.9. The summed E-state index contributed by atoms with van der Waals surface area (Å²) in [6.07, 6.45) is 0. The molecule has 12 rings (SSSR count). The van der Waals surface area contributed by atoms with Crippen LogP contribution in [0.2, 0.25) is 0 Å². The van der Waals surface area contributed by atoms with Gasteiger partial charge >= 0.3 is 0 Å². The molecule has 0 saturated carbocycles. The third-order valence-electron chi connectivity index (χ3n) is 11.8. The van der Waals surface area contributed by atoms with Crippen LogP contribution in [-0.4, -0.2) is 13.7 Å². The summed E-state index contributed by atoms with van der Waals surface area (Å²) in [5.41, 5.74) is 15.3. The van der Waals surface area contributed by atoms with Crippen molar-refractivity contribution in [3.8, 4) is 39.3 Å². The molecule has 12 aromatic rings. The lowest BCUT2D eigenvalue weighted by Gasteiger charge is -2.20. The maximum atomic E-state index is 2.55. The minimum absolute atomic E-state index is 1.14. The number of hydrogen-bond donors (Lipinski definition) is 0. The summed E-state index contributed by atoms with van der Waals surface area (Å²) in [5, 5.41) is 7.50. The van der Waals surface area contributed by atoms with Gasteiger partial charge in [-0.25, -0.2) is 0 Å². The van der Waals surface area contributed by atoms with E-state index in [9.17, 15) is 0 Å². The molecular weight excluding hydrogens is 691 g/mol. The first-order chi connectivity index (χ1) is 28.3. The van der Waals surface area contributed by atoms with Crippen LogP contribution >= 0.6 is 0 Å². The number of aromatic nitrogens is 3. The van der Waals surface area contributed by atoms with Crippen molar-refractivity contribution in [1.82, 2.24) is 13.7 Å². The number of rotatable bonds is 5. The Balaban J connectivity index is 1.26. The van der Waals surface area contributed by atoms with Crippen molar-refractivity contribution in [3.05, 3.63) is 212 Å². The summed E-state index contributed by atoms with van der Waals surface area (Å²) < 4.78 is 7.42. The van der Waals surface area contributed by atoms with E-state index in [0.29, 0.717) is 0 Å². The maximum absolute atomic E-state index is 2.55. The standard InChI is InChI=1S/C54H35N3/c1-4-18-36(19-5-1)39-27-16-29-42(43-30-17-28-41-40-24-10-13-31-46(40)56(54(41)43)38-22-8-3-9-23-38)53(39)57-48-33-15-12-26-45(48)52-50(57)35-34-49-51(52)44-25-11-14-32-47(44)55(49)37-20-6-2-7-21-37/h1-35H. The van der Waals surface area contributed by atoms with E-state index in [2.05, 4.69) is 226 Å². The second kappa shape index (κ2) is 12.5. The predicted octanol–water partition coefficient (Wildman–Crippen LogP) is 14.3. The lowest BCUT2D eigenvalue weighted by molar-refractivity contribution is 1.17. The lowest BCUT2D eigenvalue weighted by Crippen LogP contribution is -2.02. The Morgan fingerprint density at radius 1 is 0.246 bits per heavy atom. The topological polar surface area (TPSA) is 14.8 Å². The molecule has 0 fully saturated rings. The van der Waals surface area contributed by atoms with Gasteiger partial charge in [0.25, 0.3) is 0 Å². The SMILES string of the molecule is c1ccc(-c2cccc(-c3cccc4c5ccccc5n(-c5ccccc5)c34)c2-n2c3ccccc3c3c4c5ccccc5n(-c5ccccc5)c4ccc32)cc1. The van der Waals surface area contributed by atoms with Gasteiger partial charge in [0.05, 0.1) is 38.8 Å². The second-order valence-corrected chi connectivity index (χ2v) is 14.9. The van der Waals surface area contributed by atoms with Crippen molar-refractivity contribution >= 4 is 65.4 Å². The smallest absolute Gasteiger partial charge is 0.0620 e. The monoisotopic (exact) mass is 725 g/mol. The van der Waals surface area contributed by atoms with Gasteiger partial charge in [0.2, 0.25) is 0 Å². The number of fused-ring (bicyclic) bond motifs is 10. The molecule has 0 spiro atoms. The van der Waals surface area contributed by atoms with Crippen LogP contribution in [0.25, 0.3) is 105 Å². The highest BCUT2D eigenvalue weighted by Crippen LogP contribution is 2.47. The molecule has 0 amide bonds. The van der Waals surface area contributed by atoms with Gasteiger partial charge in [-0.1, -0.05) is 158 Å². The predicted molar refractivity (Wildman–Crippen MR) is 240 cm³/mol. The fourth-order valence-corrected chi connectivity index (χ4v) is 9.55. The first-order valence-corrected chi connectivity index (χ1v) is 19.6. The average molecular weight is 726 g/mol. The maximum Gasteiger partial charge on any atom is 0.0620 e. The zero-order valence-corrected chi connectivity index (χ0v) is 31.0. The van der Waals surface area contributed by atoms with Crippen LogP contribution < -0.4 is 0 Å². The molecule has 0 atom stereocenters. The number of hydrogen-bond acceptors (Lipinski definition) is 0. The van der Waals surface area contributed by atoms with Crippen LogP contribution in [0.3, 0.4) is 0 Å². The Kier molecular flexibility index (Phi) is 6.93. The van der Waals surface area contributed by atoms with E-state index in [1.54, 1.807) is 0 Å². The number of benzene rings is 9. The summed E-state index contributed by atoms with van der Waals surface area (Å²) in [5.74, 6) is 0. The first kappa shape index (κ1) is 31.7. The molecule has 0 saturated heterocycles. The fraction of sp³-hybridized carbons (Fsp3) is 0. The molecule has 3 nitrogen and oxygen atoms in total. The van der Waals surface area contributed by atoms with Crippen molar-refractivity contribution in [1.29, 1.82) is 0 Å². The largest absolute Gasteiger partial charge is 0.309 e. The number of para-hydroxylation sites is 7. The van der Waals surface area contributed by atoms with Gasteiger partial charge in [0.1, 0.15) is 0 Å². The highest BCUT2D eigenvalue weighted by Gasteiger charge is 2.25. The third kappa shape index (κ3) is 4.60. The molecular formula is C54H35N3. The molecule has 0 radical (unpaired) electrons. The van der Waals surface area contributed by atoms with Gasteiger partial charge in [-0.2, -0.15) is 0 Å². The Hall–Kier alpha value is -7.62. The first-order valence-electron chi connectivity index (χ1n) is 19.6. The Bertz CT molecular complexity index is 3500. The molecule has 0 bridgehead atoms. The zero-order valence-electron chi connectivity index (χ0n) is 31.0. The van der Waals surface area contributed by atoms with E-state index in [1.165, 1.54) is 93.4 Å². The third-order valence-corrected chi connectivity index (χ3v) is 11.8. The highest BCUT2D eigenvalue weighted by molar-refractivity contribution is 6.29. The van der Waals surface area contributed by atoms with Crippen molar-refractivity contribution in [3.63, 3.8) is 0 Å². The molecule has 3 heterocycles. The Labute approximate surface area is 329 Å². The van der Waals surface area contributed by atoms with Gasteiger partial charge in [-0.15, -0.1) is 0 Å². The molecule has 3 heteroatoms. The Morgan fingerprint density at radius 3 is 1.33 bits per heavy atom. The zero-order chi connectivity index (χ0) is 37.5. The van der Waals surface area contributed by atoms with Gasteiger partial charge in [-0.3, -0.25) is 0 Å². The van der Waals surface area contributed by atoms with E-state index in [4.69, 9.17) is 0 Å². The fourth-order valence-electron chi connectivity index (χ4n) is 9.55. The van der Waals surface area contributed by atoms with E-state index in [-0.39, 0.29) is 0 Å². The van der Waals surface area contributed by atoms with E-state index >= 15 is 0 Å². The van der Waals surface area contributed by atoms with Crippen molar-refractivity contribution < 1.29 is 0 Å². The summed E-state index contributed by atoms with van der Waals surface area (Å²) in [4.78, 5) is 0. The molecule has 0 aliphatic carbocycles. The number of nitrogens with zero attached hydrogens (tertiary/aromatic N) is 3. The van der Waals surface area contributed by atoms with Crippen molar-refractivity contribution in [2.75, 3.05) is 0 Å². The van der Waals surface area contributed by atoms with Crippen LogP contribution in [0.5, 0.6) is 0 Å². The van der Waals surface area contributed by atoms with E-state index < -0.39 is 0 Å². The minimum atomic E-state index is 1.14. The van der Waals surface area contributed by atoms with Gasteiger partial charge < -0.3 is 13.7 Å². The van der Waals surface area contributed by atoms with Crippen LogP contribution in [-0.2, 0) is 0 Å². The van der Waals surface area contributed by atoms with Crippen LogP contribution in [0.15, 0.2) is 212 Å². The summed E-state index contributed by atoms with van der Waals surface area (Å²) >= 11 is 0. The van der Waals surface area contributed by atoms with Crippen LogP contribution in [0.1, 0.15) is 0 Å². The molecule has 9 aromatic carbocycles. The lowest BCUT2D eigenvalue weighted by atomic mass is 9.94. The molecule has 0 N–H and O–H groups in total. The molecule has 57 heavy (non-hydrogen) atoms. The van der Waals surface area contributed by atoms with Gasteiger partial charge in [0.15, 0.2) is 0 Å². The van der Waals surface area contributed by atoms with Gasteiger partial charge in [0, 0.05) is 60.4 Å². The van der Waals surface area contributed by atoms with Crippen LogP contribution in [0.4, 0.5) is 0 Å². The molecule has 0 unspecified atom stereocenters. The van der Waals surface area contributed by atoms with E-state index in [0.717, 1.165) is 11.4 Å².